The molecule has 1 N–H and O–H groups in total. The van der Waals surface area contributed by atoms with Gasteiger partial charge >= 0.3 is 0 Å². The molecule has 0 fully saturated rings. The Bertz CT molecular complexity index is 1030. The Hall–Kier alpha value is -2.51. The lowest BCUT2D eigenvalue weighted by molar-refractivity contribution is -0.119. The van der Waals surface area contributed by atoms with E-state index in [1.807, 2.05) is 80.8 Å². The molecule has 3 rings (SSSR count). The molecule has 0 spiro atoms. The van der Waals surface area contributed by atoms with E-state index in [0.29, 0.717) is 16.7 Å². The fraction of sp³-hybridized carbons (Fsp3) is 0.348. The molecule has 2 atom stereocenters. The van der Waals surface area contributed by atoms with Gasteiger partial charge in [0.25, 0.3) is 0 Å². The first-order valence-corrected chi connectivity index (χ1v) is 11.6. The van der Waals surface area contributed by atoms with Crippen LogP contribution in [0.5, 0.6) is 5.75 Å². The van der Waals surface area contributed by atoms with Gasteiger partial charge < -0.3 is 14.6 Å². The van der Waals surface area contributed by atoms with Crippen molar-refractivity contribution in [2.24, 2.45) is 0 Å². The first-order chi connectivity index (χ1) is 14.9. The SMILES string of the molecule is CCn1c(SCC(=O)NC(C)c2ccccc2)nnc1C(C)Oc1ccc(Cl)c(C)c1. The molecule has 0 aliphatic rings. The second-order valence-electron chi connectivity index (χ2n) is 7.24. The maximum Gasteiger partial charge on any atom is 0.230 e. The largest absolute Gasteiger partial charge is 0.483 e. The molecule has 2 unspecified atom stereocenters. The van der Waals surface area contributed by atoms with E-state index in [1.165, 1.54) is 11.8 Å². The van der Waals surface area contributed by atoms with Gasteiger partial charge in [-0.15, -0.1) is 10.2 Å². The van der Waals surface area contributed by atoms with Gasteiger partial charge in [0.2, 0.25) is 5.91 Å². The molecule has 0 bridgehead atoms. The molecule has 0 aliphatic heterocycles. The van der Waals surface area contributed by atoms with Crippen LogP contribution in [0.25, 0.3) is 0 Å². The molecular formula is C23H27ClN4O2S. The van der Waals surface area contributed by atoms with E-state index >= 15 is 0 Å². The number of rotatable bonds is 9. The van der Waals surface area contributed by atoms with Crippen molar-refractivity contribution < 1.29 is 9.53 Å². The lowest BCUT2D eigenvalue weighted by Crippen LogP contribution is -2.28. The first-order valence-electron chi connectivity index (χ1n) is 10.2. The highest BCUT2D eigenvalue weighted by molar-refractivity contribution is 7.99. The maximum absolute atomic E-state index is 12.4. The van der Waals surface area contributed by atoms with Crippen LogP contribution in [0.2, 0.25) is 5.02 Å². The summed E-state index contributed by atoms with van der Waals surface area (Å²) < 4.78 is 8.03. The summed E-state index contributed by atoms with van der Waals surface area (Å²) in [5.41, 5.74) is 2.03. The summed E-state index contributed by atoms with van der Waals surface area (Å²) in [6.07, 6.45) is -0.297. The van der Waals surface area contributed by atoms with Gasteiger partial charge in [-0.05, 0) is 57.0 Å². The third kappa shape index (κ3) is 6.02. The van der Waals surface area contributed by atoms with Gasteiger partial charge in [-0.3, -0.25) is 4.79 Å². The lowest BCUT2D eigenvalue weighted by atomic mass is 10.1. The predicted molar refractivity (Wildman–Crippen MR) is 125 cm³/mol. The average molecular weight is 459 g/mol. The molecule has 3 aromatic rings. The second kappa shape index (κ2) is 10.7. The molecule has 0 aliphatic carbocycles. The summed E-state index contributed by atoms with van der Waals surface area (Å²) in [5.74, 6) is 1.66. The second-order valence-corrected chi connectivity index (χ2v) is 8.59. The number of nitrogens with one attached hydrogen (secondary N) is 1. The highest BCUT2D eigenvalue weighted by atomic mass is 35.5. The molecule has 0 radical (unpaired) electrons. The van der Waals surface area contributed by atoms with Crippen LogP contribution in [0.4, 0.5) is 0 Å². The van der Waals surface area contributed by atoms with Crippen LogP contribution in [-0.2, 0) is 11.3 Å². The Morgan fingerprint density at radius 2 is 1.94 bits per heavy atom. The maximum atomic E-state index is 12.4. The van der Waals surface area contributed by atoms with Gasteiger partial charge in [-0.25, -0.2) is 0 Å². The molecule has 8 heteroatoms. The highest BCUT2D eigenvalue weighted by Gasteiger charge is 2.20. The Morgan fingerprint density at radius 1 is 1.19 bits per heavy atom. The molecule has 1 amide bonds. The van der Waals surface area contributed by atoms with Crippen molar-refractivity contribution in [3.8, 4) is 5.75 Å². The summed E-state index contributed by atoms with van der Waals surface area (Å²) in [6.45, 7) is 8.55. The number of benzene rings is 2. The van der Waals surface area contributed by atoms with Crippen LogP contribution in [0, 0.1) is 6.92 Å². The van der Waals surface area contributed by atoms with Crippen molar-refractivity contribution in [2.45, 2.75) is 51.5 Å². The minimum absolute atomic E-state index is 0.0468. The average Bonchev–Trinajstić information content (AvgIpc) is 3.18. The molecule has 1 aromatic heterocycles. The van der Waals surface area contributed by atoms with Gasteiger partial charge in [-0.1, -0.05) is 53.7 Å². The van der Waals surface area contributed by atoms with Crippen molar-refractivity contribution >= 4 is 29.3 Å². The van der Waals surface area contributed by atoms with E-state index in [2.05, 4.69) is 15.5 Å². The topological polar surface area (TPSA) is 69.0 Å². The fourth-order valence-electron chi connectivity index (χ4n) is 3.19. The van der Waals surface area contributed by atoms with E-state index in [1.54, 1.807) is 0 Å². The number of thioether (sulfide) groups is 1. The zero-order valence-electron chi connectivity index (χ0n) is 18.1. The third-order valence-corrected chi connectivity index (χ3v) is 6.27. The first kappa shape index (κ1) is 23.2. The molecular weight excluding hydrogens is 432 g/mol. The summed E-state index contributed by atoms with van der Waals surface area (Å²) in [7, 11) is 0. The summed E-state index contributed by atoms with van der Waals surface area (Å²) in [6, 6.07) is 15.4. The van der Waals surface area contributed by atoms with Gasteiger partial charge in [0, 0.05) is 11.6 Å². The van der Waals surface area contributed by atoms with E-state index in [4.69, 9.17) is 16.3 Å². The Balaban J connectivity index is 1.61. The Labute approximate surface area is 192 Å². The molecule has 6 nitrogen and oxygen atoms in total. The van der Waals surface area contributed by atoms with Crippen LogP contribution in [0.3, 0.4) is 0 Å². The number of aromatic nitrogens is 3. The number of amides is 1. The van der Waals surface area contributed by atoms with Gasteiger partial charge in [0.05, 0.1) is 11.8 Å². The monoisotopic (exact) mass is 458 g/mol. The van der Waals surface area contributed by atoms with Gasteiger partial charge in [-0.2, -0.15) is 0 Å². The summed E-state index contributed by atoms with van der Waals surface area (Å²) in [4.78, 5) is 12.4. The number of nitrogens with zero attached hydrogens (tertiary/aromatic N) is 3. The van der Waals surface area contributed by atoms with E-state index < -0.39 is 0 Å². The van der Waals surface area contributed by atoms with Crippen LogP contribution < -0.4 is 10.1 Å². The number of aryl methyl sites for hydroxylation is 1. The highest BCUT2D eigenvalue weighted by Crippen LogP contribution is 2.27. The Morgan fingerprint density at radius 3 is 2.61 bits per heavy atom. The van der Waals surface area contributed by atoms with Gasteiger partial charge in [0.15, 0.2) is 17.1 Å². The zero-order chi connectivity index (χ0) is 22.4. The molecule has 31 heavy (non-hydrogen) atoms. The van der Waals surface area contributed by atoms with Crippen LogP contribution in [0.1, 0.15) is 49.9 Å². The molecule has 1 heterocycles. The van der Waals surface area contributed by atoms with E-state index in [9.17, 15) is 4.79 Å². The quantitative estimate of drug-likeness (QED) is 0.436. The summed E-state index contributed by atoms with van der Waals surface area (Å²) in [5, 5.41) is 13.0. The minimum Gasteiger partial charge on any atom is -0.483 e. The number of ether oxygens (including phenoxy) is 1. The van der Waals surface area contributed by atoms with E-state index in [-0.39, 0.29) is 23.8 Å². The van der Waals surface area contributed by atoms with Crippen molar-refractivity contribution in [1.29, 1.82) is 0 Å². The van der Waals surface area contributed by atoms with Crippen molar-refractivity contribution in [1.82, 2.24) is 20.1 Å². The van der Waals surface area contributed by atoms with E-state index in [0.717, 1.165) is 22.7 Å². The number of hydrogen-bond acceptors (Lipinski definition) is 5. The van der Waals surface area contributed by atoms with Crippen LogP contribution >= 0.6 is 23.4 Å². The van der Waals surface area contributed by atoms with Gasteiger partial charge in [0.1, 0.15) is 5.75 Å². The number of carbonyl (C=O) groups is 1. The lowest BCUT2D eigenvalue weighted by Gasteiger charge is -2.16. The smallest absolute Gasteiger partial charge is 0.230 e. The normalized spacial score (nSPS) is 12.9. The zero-order valence-corrected chi connectivity index (χ0v) is 19.7. The number of carbonyl (C=O) groups excluding carboxylic acids is 1. The van der Waals surface area contributed by atoms with Crippen molar-refractivity contribution in [3.63, 3.8) is 0 Å². The molecule has 0 saturated heterocycles. The fourth-order valence-corrected chi connectivity index (χ4v) is 4.13. The third-order valence-electron chi connectivity index (χ3n) is 4.88. The summed E-state index contributed by atoms with van der Waals surface area (Å²) >= 11 is 7.46. The number of hydrogen-bond donors (Lipinski definition) is 1. The Kier molecular flexibility index (Phi) is 7.98. The predicted octanol–water partition coefficient (Wildman–Crippen LogP) is 5.37. The van der Waals surface area contributed by atoms with Crippen molar-refractivity contribution in [2.75, 3.05) is 5.75 Å². The standard InChI is InChI=1S/C23H27ClN4O2S/c1-5-28-22(17(4)30-19-11-12-20(24)15(2)13-19)26-27-23(28)31-14-21(29)25-16(3)18-9-7-6-8-10-18/h6-13,16-17H,5,14H2,1-4H3,(H,25,29). The molecule has 0 saturated carbocycles. The number of halogens is 1. The van der Waals surface area contributed by atoms with Crippen LogP contribution in [-0.4, -0.2) is 26.4 Å². The molecule has 164 valence electrons. The minimum atomic E-state index is -0.297. The molecule has 2 aromatic carbocycles. The van der Waals surface area contributed by atoms with Crippen LogP contribution in [0.15, 0.2) is 53.7 Å². The van der Waals surface area contributed by atoms with Crippen molar-refractivity contribution in [3.05, 3.63) is 70.5 Å².